The van der Waals surface area contributed by atoms with Gasteiger partial charge in [0.05, 0.1) is 22.5 Å². The zero-order valence-corrected chi connectivity index (χ0v) is 19.2. The summed E-state index contributed by atoms with van der Waals surface area (Å²) in [6.45, 7) is 0. The molecule has 0 spiro atoms. The second-order valence-electron chi connectivity index (χ2n) is 7.11. The number of hydrogen-bond acceptors (Lipinski definition) is 10. The monoisotopic (exact) mass is 540 g/mol. The first-order chi connectivity index (χ1) is 16.6. The first kappa shape index (κ1) is 26.2. The summed E-state index contributed by atoms with van der Waals surface area (Å²) in [5.74, 6) is -5.19. The van der Waals surface area contributed by atoms with Crippen molar-refractivity contribution < 1.29 is 56.0 Å². The van der Waals surface area contributed by atoms with Crippen molar-refractivity contribution in [1.82, 2.24) is 0 Å². The summed E-state index contributed by atoms with van der Waals surface area (Å²) in [7, 11) is -9.76. The fourth-order valence-corrected chi connectivity index (χ4v) is 4.31. The third-order valence-electron chi connectivity index (χ3n) is 4.59. The van der Waals surface area contributed by atoms with Gasteiger partial charge < -0.3 is 31.1 Å². The van der Waals surface area contributed by atoms with E-state index < -0.39 is 87.3 Å². The van der Waals surface area contributed by atoms with E-state index in [2.05, 4.69) is 10.6 Å². The van der Waals surface area contributed by atoms with Crippen LogP contribution in [0.5, 0.6) is 23.0 Å². The maximum Gasteiger partial charge on any atom is 0.296 e. The van der Waals surface area contributed by atoms with Crippen molar-refractivity contribution in [2.24, 2.45) is 0 Å². The number of phenolic OH excluding ortho intramolecular Hbond substituents is 4. The van der Waals surface area contributed by atoms with E-state index in [1.165, 1.54) is 0 Å². The lowest BCUT2D eigenvalue weighted by Crippen LogP contribution is -2.17. The van der Waals surface area contributed by atoms with E-state index in [0.29, 0.717) is 24.3 Å². The minimum atomic E-state index is -4.88. The molecule has 2 amide bonds. The first-order valence-corrected chi connectivity index (χ1v) is 12.3. The Balaban J connectivity index is 1.93. The highest BCUT2D eigenvalue weighted by atomic mass is 32.2. The van der Waals surface area contributed by atoms with E-state index in [4.69, 9.17) is 0 Å². The molecule has 8 N–H and O–H groups in total. The quantitative estimate of drug-likeness (QED) is 0.164. The van der Waals surface area contributed by atoms with Crippen LogP contribution in [0.25, 0.3) is 0 Å². The van der Waals surface area contributed by atoms with Crippen LogP contribution >= 0.6 is 0 Å². The van der Waals surface area contributed by atoms with Crippen LogP contribution in [0.2, 0.25) is 0 Å². The number of carbonyl (C=O) groups is 2. The van der Waals surface area contributed by atoms with Gasteiger partial charge >= 0.3 is 0 Å². The number of rotatable bonds is 6. The van der Waals surface area contributed by atoms with Gasteiger partial charge in [-0.1, -0.05) is 0 Å². The van der Waals surface area contributed by atoms with Gasteiger partial charge in [-0.3, -0.25) is 18.7 Å². The molecule has 0 saturated carbocycles. The topological polar surface area (TPSA) is 248 Å². The number of hydrogen-bond donors (Lipinski definition) is 8. The molecule has 0 radical (unpaired) electrons. The molecule has 0 bridgehead atoms. The number of benzene rings is 3. The molecule has 0 fully saturated rings. The molecular weight excluding hydrogens is 524 g/mol. The van der Waals surface area contributed by atoms with Crippen LogP contribution in [0, 0.1) is 0 Å². The number of amides is 2. The zero-order valence-electron chi connectivity index (χ0n) is 17.6. The molecular formula is C20H16N2O12S2. The van der Waals surface area contributed by atoms with Gasteiger partial charge in [0.25, 0.3) is 32.1 Å². The predicted molar refractivity (Wildman–Crippen MR) is 122 cm³/mol. The predicted octanol–water partition coefficient (Wildman–Crippen LogP) is 1.51. The molecule has 14 nitrogen and oxygen atoms in total. The van der Waals surface area contributed by atoms with Gasteiger partial charge in [-0.2, -0.15) is 16.8 Å². The van der Waals surface area contributed by atoms with E-state index in [-0.39, 0.29) is 0 Å². The molecule has 0 unspecified atom stereocenters. The van der Waals surface area contributed by atoms with E-state index in [9.17, 15) is 56.0 Å². The van der Waals surface area contributed by atoms with E-state index in [1.54, 1.807) is 0 Å². The Hall–Kier alpha value is -4.38. The molecule has 0 heterocycles. The summed E-state index contributed by atoms with van der Waals surface area (Å²) in [5, 5.41) is 43.5. The van der Waals surface area contributed by atoms with Crippen LogP contribution in [0.15, 0.2) is 58.3 Å². The molecule has 16 heteroatoms. The highest BCUT2D eigenvalue weighted by Gasteiger charge is 2.24. The van der Waals surface area contributed by atoms with Crippen molar-refractivity contribution >= 4 is 43.4 Å². The molecule has 0 aliphatic carbocycles. The highest BCUT2D eigenvalue weighted by molar-refractivity contribution is 7.86. The smallest absolute Gasteiger partial charge is 0.296 e. The molecule has 3 aromatic carbocycles. The van der Waals surface area contributed by atoms with E-state index >= 15 is 0 Å². The Bertz CT molecular complexity index is 1490. The standard InChI is InChI=1S/C20H16N2O12S2/c23-9-1-3-13(17(5-9)35(29,30)31)21-19(27)11-7-16(26)12(8-15(11)25)20(28)22-14-4-2-10(24)6-18(14)36(32,33)34/h1-8,23-26H,(H,21,27)(H,22,28)(H,29,30,31)(H,32,33,34). The Kier molecular flexibility index (Phi) is 6.81. The molecule has 0 aliphatic heterocycles. The number of anilines is 2. The SMILES string of the molecule is O=C(Nc1ccc(O)cc1S(=O)(=O)O)c1cc(O)c(C(=O)Nc2ccc(O)cc2S(=O)(=O)O)cc1O. The summed E-state index contributed by atoms with van der Waals surface area (Å²) in [4.78, 5) is 23.4. The summed E-state index contributed by atoms with van der Waals surface area (Å²) in [6, 6.07) is 6.48. The Morgan fingerprint density at radius 2 is 0.917 bits per heavy atom. The summed E-state index contributed by atoms with van der Waals surface area (Å²) in [6.07, 6.45) is 0. The minimum Gasteiger partial charge on any atom is -0.508 e. The first-order valence-electron chi connectivity index (χ1n) is 9.37. The lowest BCUT2D eigenvalue weighted by atomic mass is 10.1. The average Bonchev–Trinajstić information content (AvgIpc) is 2.75. The average molecular weight is 540 g/mol. The van der Waals surface area contributed by atoms with Crippen molar-refractivity contribution in [3.8, 4) is 23.0 Å². The second-order valence-corrected chi connectivity index (χ2v) is 9.89. The highest BCUT2D eigenvalue weighted by Crippen LogP contribution is 2.32. The van der Waals surface area contributed by atoms with Gasteiger partial charge in [-0.15, -0.1) is 0 Å². The largest absolute Gasteiger partial charge is 0.508 e. The normalized spacial score (nSPS) is 11.6. The Labute approximate surface area is 202 Å². The third-order valence-corrected chi connectivity index (χ3v) is 6.37. The molecule has 0 aromatic heterocycles. The minimum absolute atomic E-state index is 0.480. The Morgan fingerprint density at radius 1 is 0.583 bits per heavy atom. The lowest BCUT2D eigenvalue weighted by Gasteiger charge is -2.13. The van der Waals surface area contributed by atoms with Crippen molar-refractivity contribution in [3.05, 3.63) is 59.7 Å². The number of carbonyl (C=O) groups excluding carboxylic acids is 2. The van der Waals surface area contributed by atoms with E-state index in [1.807, 2.05) is 0 Å². The van der Waals surface area contributed by atoms with Crippen molar-refractivity contribution in [2.75, 3.05) is 10.6 Å². The number of nitrogens with one attached hydrogen (secondary N) is 2. The van der Waals surface area contributed by atoms with Crippen LogP contribution in [0.1, 0.15) is 20.7 Å². The Morgan fingerprint density at radius 3 is 1.22 bits per heavy atom. The molecule has 0 aliphatic rings. The van der Waals surface area contributed by atoms with Crippen LogP contribution in [-0.2, 0) is 20.2 Å². The van der Waals surface area contributed by atoms with Gasteiger partial charge in [0.2, 0.25) is 0 Å². The number of phenols is 4. The molecule has 0 atom stereocenters. The maximum absolute atomic E-state index is 12.6. The van der Waals surface area contributed by atoms with Crippen molar-refractivity contribution in [2.45, 2.75) is 9.79 Å². The molecule has 0 saturated heterocycles. The second kappa shape index (κ2) is 9.34. The molecule has 190 valence electrons. The molecule has 3 aromatic rings. The van der Waals surface area contributed by atoms with Gasteiger partial charge in [0.1, 0.15) is 32.8 Å². The molecule has 3 rings (SSSR count). The fraction of sp³-hybridized carbons (Fsp3) is 0. The maximum atomic E-state index is 12.6. The zero-order chi connectivity index (χ0) is 27.0. The van der Waals surface area contributed by atoms with Crippen LogP contribution < -0.4 is 10.6 Å². The van der Waals surface area contributed by atoms with Crippen molar-refractivity contribution in [1.29, 1.82) is 0 Å². The van der Waals surface area contributed by atoms with Gasteiger partial charge in [0.15, 0.2) is 0 Å². The third kappa shape index (κ3) is 5.63. The molecule has 36 heavy (non-hydrogen) atoms. The van der Waals surface area contributed by atoms with Crippen LogP contribution in [-0.4, -0.2) is 58.2 Å². The van der Waals surface area contributed by atoms with Gasteiger partial charge in [-0.05, 0) is 36.4 Å². The van der Waals surface area contributed by atoms with E-state index in [0.717, 1.165) is 24.3 Å². The summed E-state index contributed by atoms with van der Waals surface area (Å²) >= 11 is 0. The summed E-state index contributed by atoms with van der Waals surface area (Å²) < 4.78 is 64.6. The van der Waals surface area contributed by atoms with Gasteiger partial charge in [0, 0.05) is 12.1 Å². The van der Waals surface area contributed by atoms with Crippen LogP contribution in [0.3, 0.4) is 0 Å². The summed E-state index contributed by atoms with van der Waals surface area (Å²) in [5.41, 5.74) is -2.24. The fourth-order valence-electron chi connectivity index (χ4n) is 2.98. The van der Waals surface area contributed by atoms with Crippen molar-refractivity contribution in [3.63, 3.8) is 0 Å². The lowest BCUT2D eigenvalue weighted by molar-refractivity contribution is 0.101. The number of aromatic hydroxyl groups is 4. The van der Waals surface area contributed by atoms with Gasteiger partial charge in [-0.25, -0.2) is 0 Å². The van der Waals surface area contributed by atoms with Crippen LogP contribution in [0.4, 0.5) is 11.4 Å².